The Balaban J connectivity index is 1.81. The van der Waals surface area contributed by atoms with Crippen LogP contribution in [-0.4, -0.2) is 11.6 Å². The minimum absolute atomic E-state index is 0.115. The van der Waals surface area contributed by atoms with Crippen molar-refractivity contribution in [1.29, 1.82) is 0 Å². The normalized spacial score (nSPS) is 15.5. The third kappa shape index (κ3) is 10.1. The summed E-state index contributed by atoms with van der Waals surface area (Å²) in [6.45, 7) is 11.9. The van der Waals surface area contributed by atoms with Crippen LogP contribution in [0, 0.1) is 17.8 Å². The maximum atomic E-state index is 12.9. The van der Waals surface area contributed by atoms with Crippen LogP contribution in [-0.2, 0) is 11.2 Å². The summed E-state index contributed by atoms with van der Waals surface area (Å²) < 4.78 is 0. The summed E-state index contributed by atoms with van der Waals surface area (Å²) in [5.41, 5.74) is 6.71. The first-order chi connectivity index (χ1) is 16.3. The zero-order valence-corrected chi connectivity index (χ0v) is 21.5. The zero-order chi connectivity index (χ0) is 24.9. The van der Waals surface area contributed by atoms with Crippen molar-refractivity contribution in [3.63, 3.8) is 0 Å². The van der Waals surface area contributed by atoms with Gasteiger partial charge in [0, 0.05) is 23.5 Å². The second-order valence-electron chi connectivity index (χ2n) is 9.70. The van der Waals surface area contributed by atoms with Crippen LogP contribution >= 0.6 is 0 Å². The van der Waals surface area contributed by atoms with E-state index in [0.717, 1.165) is 31.2 Å². The highest BCUT2D eigenvalue weighted by molar-refractivity contribution is 5.98. The minimum atomic E-state index is 0.115. The van der Waals surface area contributed by atoms with Crippen molar-refractivity contribution in [3.05, 3.63) is 95.1 Å². The largest absolute Gasteiger partial charge is 0.295 e. The summed E-state index contributed by atoms with van der Waals surface area (Å²) >= 11 is 0. The average Bonchev–Trinajstić information content (AvgIpc) is 3.67. The lowest BCUT2D eigenvalue weighted by Gasteiger charge is -2.19. The number of Topliss-reactive ketones (excluding diaryl/α,β-unsaturated/α-hetero) is 2. The van der Waals surface area contributed by atoms with E-state index in [2.05, 4.69) is 57.4 Å². The van der Waals surface area contributed by atoms with Crippen molar-refractivity contribution in [1.82, 2.24) is 0 Å². The summed E-state index contributed by atoms with van der Waals surface area (Å²) in [4.78, 5) is 24.3. The van der Waals surface area contributed by atoms with Gasteiger partial charge in [-0.1, -0.05) is 100 Å². The first kappa shape index (κ1) is 27.5. The third-order valence-electron chi connectivity index (χ3n) is 6.71. The Kier molecular flexibility index (Phi) is 11.8. The fraction of sp³-hybridized carbons (Fsp3) is 0.438. The predicted octanol–water partition coefficient (Wildman–Crippen LogP) is 8.36. The maximum Gasteiger partial charge on any atom is 0.163 e. The molecule has 1 aliphatic rings. The first-order valence-electron chi connectivity index (χ1n) is 12.8. The fourth-order valence-corrected chi connectivity index (χ4v) is 4.25. The van der Waals surface area contributed by atoms with E-state index >= 15 is 0 Å². The van der Waals surface area contributed by atoms with E-state index in [4.69, 9.17) is 0 Å². The first-order valence-corrected chi connectivity index (χ1v) is 12.8. The summed E-state index contributed by atoms with van der Waals surface area (Å²) in [5, 5.41) is 0. The van der Waals surface area contributed by atoms with Crippen LogP contribution < -0.4 is 0 Å². The average molecular weight is 458 g/mol. The van der Waals surface area contributed by atoms with Gasteiger partial charge >= 0.3 is 0 Å². The Labute approximate surface area is 207 Å². The topological polar surface area (TPSA) is 34.1 Å². The van der Waals surface area contributed by atoms with E-state index in [9.17, 15) is 9.59 Å². The molecular formula is C32H41O2. The van der Waals surface area contributed by atoms with E-state index in [1.165, 1.54) is 36.3 Å². The summed E-state index contributed by atoms with van der Waals surface area (Å²) in [6, 6.07) is 8.02. The molecule has 2 unspecified atom stereocenters. The molecule has 0 N–H and O–H groups in total. The SMILES string of the molecule is C=C=C/C(=C\C=C(/C)[C]1C=C1)C(=O)CCC(CCC)CCC(C)CCc1ccc(C(C)=O)cc1. The molecule has 1 aliphatic carbocycles. The molecule has 0 saturated heterocycles. The molecule has 181 valence electrons. The molecule has 0 fully saturated rings. The van der Waals surface area contributed by atoms with Gasteiger partial charge in [-0.2, -0.15) is 0 Å². The fourth-order valence-electron chi connectivity index (χ4n) is 4.25. The molecule has 2 atom stereocenters. The quantitative estimate of drug-likeness (QED) is 0.108. The third-order valence-corrected chi connectivity index (χ3v) is 6.71. The van der Waals surface area contributed by atoms with Crippen LogP contribution in [0.4, 0.5) is 0 Å². The second kappa shape index (κ2) is 14.5. The lowest BCUT2D eigenvalue weighted by molar-refractivity contribution is -0.115. The number of rotatable bonds is 16. The molecule has 1 radical (unpaired) electrons. The highest BCUT2D eigenvalue weighted by Crippen LogP contribution is 2.28. The highest BCUT2D eigenvalue weighted by atomic mass is 16.1. The van der Waals surface area contributed by atoms with Gasteiger partial charge in [-0.25, -0.2) is 0 Å². The molecule has 0 spiro atoms. The molecule has 0 bridgehead atoms. The van der Waals surface area contributed by atoms with Gasteiger partial charge in [0.15, 0.2) is 11.6 Å². The van der Waals surface area contributed by atoms with Crippen molar-refractivity contribution < 1.29 is 9.59 Å². The monoisotopic (exact) mass is 457 g/mol. The van der Waals surface area contributed by atoms with Crippen molar-refractivity contribution in [2.45, 2.75) is 79.1 Å². The number of hydrogen-bond donors (Lipinski definition) is 0. The summed E-state index contributed by atoms with van der Waals surface area (Å²) in [6.07, 6.45) is 18.2. The molecule has 0 saturated carbocycles. The number of allylic oxidation sites excluding steroid dienone is 7. The standard InChI is InChI=1S/C32H41O2/c1-6-8-27(13-10-24(3)11-14-28-15-19-30(20-16-28)26(5)33)17-23-32(34)31(9-7-2)18-12-25(4)29-21-22-29/h9,12,15-16,18-22,24,27H,2,6,8,10-11,13-14,17,23H2,1,3-5H3/b25-12+,31-18+. The Hall–Kier alpha value is -2.70. The van der Waals surface area contributed by atoms with Gasteiger partial charge in [0.1, 0.15) is 0 Å². The molecule has 34 heavy (non-hydrogen) atoms. The molecule has 1 aromatic rings. The van der Waals surface area contributed by atoms with E-state index in [-0.39, 0.29) is 11.6 Å². The Morgan fingerprint density at radius 1 is 0.971 bits per heavy atom. The van der Waals surface area contributed by atoms with Crippen molar-refractivity contribution in [2.24, 2.45) is 11.8 Å². The zero-order valence-electron chi connectivity index (χ0n) is 21.5. The molecule has 0 aliphatic heterocycles. The molecule has 2 nitrogen and oxygen atoms in total. The van der Waals surface area contributed by atoms with Crippen LogP contribution in [0.1, 0.15) is 88.6 Å². The Morgan fingerprint density at radius 3 is 2.26 bits per heavy atom. The second-order valence-corrected chi connectivity index (χ2v) is 9.70. The number of carbonyl (C=O) groups excluding carboxylic acids is 2. The van der Waals surface area contributed by atoms with Crippen LogP contribution in [0.3, 0.4) is 0 Å². The van der Waals surface area contributed by atoms with Gasteiger partial charge in [0.25, 0.3) is 0 Å². The number of hydrogen-bond acceptors (Lipinski definition) is 2. The lowest BCUT2D eigenvalue weighted by Crippen LogP contribution is -2.09. The number of aryl methyl sites for hydroxylation is 1. The van der Waals surface area contributed by atoms with Crippen LogP contribution in [0.15, 0.2) is 78.1 Å². The van der Waals surface area contributed by atoms with Gasteiger partial charge in [0.2, 0.25) is 0 Å². The van der Waals surface area contributed by atoms with E-state index in [1.54, 1.807) is 13.0 Å². The van der Waals surface area contributed by atoms with Crippen molar-refractivity contribution in [2.75, 3.05) is 0 Å². The van der Waals surface area contributed by atoms with Gasteiger partial charge in [0.05, 0.1) is 0 Å². The van der Waals surface area contributed by atoms with E-state index in [1.807, 2.05) is 24.3 Å². The van der Waals surface area contributed by atoms with Gasteiger partial charge in [-0.05, 0) is 56.6 Å². The summed E-state index contributed by atoms with van der Waals surface area (Å²) in [5.74, 6) is 2.77. The molecule has 0 amide bonds. The Morgan fingerprint density at radius 2 is 1.68 bits per heavy atom. The minimum Gasteiger partial charge on any atom is -0.295 e. The van der Waals surface area contributed by atoms with Gasteiger partial charge < -0.3 is 0 Å². The summed E-state index contributed by atoms with van der Waals surface area (Å²) in [7, 11) is 0. The Bertz CT molecular complexity index is 945. The molecule has 2 heteroatoms. The molecule has 0 aromatic heterocycles. The van der Waals surface area contributed by atoms with Crippen molar-refractivity contribution in [3.8, 4) is 0 Å². The smallest absolute Gasteiger partial charge is 0.163 e. The predicted molar refractivity (Wildman–Crippen MR) is 144 cm³/mol. The molecule has 2 rings (SSSR count). The van der Waals surface area contributed by atoms with Gasteiger partial charge in [-0.3, -0.25) is 9.59 Å². The molecule has 1 aromatic carbocycles. The lowest BCUT2D eigenvalue weighted by atomic mass is 9.87. The maximum absolute atomic E-state index is 12.9. The van der Waals surface area contributed by atoms with Crippen molar-refractivity contribution >= 4 is 11.6 Å². The van der Waals surface area contributed by atoms with Crippen LogP contribution in [0.2, 0.25) is 0 Å². The number of carbonyl (C=O) groups is 2. The van der Waals surface area contributed by atoms with Crippen LogP contribution in [0.25, 0.3) is 0 Å². The van der Waals surface area contributed by atoms with E-state index in [0.29, 0.717) is 23.8 Å². The van der Waals surface area contributed by atoms with Crippen LogP contribution in [0.5, 0.6) is 0 Å². The van der Waals surface area contributed by atoms with E-state index < -0.39 is 0 Å². The number of ketones is 2. The molecule has 0 heterocycles. The highest BCUT2D eigenvalue weighted by Gasteiger charge is 2.16. The number of benzene rings is 1. The molecular weight excluding hydrogens is 416 g/mol. The van der Waals surface area contributed by atoms with Gasteiger partial charge in [-0.15, -0.1) is 5.73 Å².